The van der Waals surface area contributed by atoms with Crippen LogP contribution in [0.1, 0.15) is 23.2 Å². The van der Waals surface area contributed by atoms with Crippen molar-refractivity contribution >= 4 is 17.3 Å². The quantitative estimate of drug-likeness (QED) is 0.661. The van der Waals surface area contributed by atoms with E-state index in [9.17, 15) is 28.1 Å². The summed E-state index contributed by atoms with van der Waals surface area (Å²) in [7, 11) is 1.46. The smallest absolute Gasteiger partial charge is 0.383 e. The Hall–Kier alpha value is -2.32. The number of halogens is 3. The van der Waals surface area contributed by atoms with Crippen LogP contribution in [0.25, 0.3) is 0 Å². The van der Waals surface area contributed by atoms with Gasteiger partial charge in [0.25, 0.3) is 11.6 Å². The van der Waals surface area contributed by atoms with E-state index in [1.54, 1.807) is 0 Å². The first kappa shape index (κ1) is 15.1. The normalized spacial score (nSPS) is 16.2. The van der Waals surface area contributed by atoms with Crippen LogP contribution in [0.5, 0.6) is 0 Å². The fourth-order valence-electron chi connectivity index (χ4n) is 1.93. The number of nitrogens with one attached hydrogen (secondary N) is 2. The Morgan fingerprint density at radius 3 is 2.43 bits per heavy atom. The van der Waals surface area contributed by atoms with E-state index >= 15 is 0 Å². The van der Waals surface area contributed by atoms with E-state index in [4.69, 9.17) is 0 Å². The second-order valence-corrected chi connectivity index (χ2v) is 4.77. The molecule has 1 fully saturated rings. The molecule has 114 valence electrons. The minimum absolute atomic E-state index is 0.175. The molecule has 0 atom stereocenters. The molecule has 2 rings (SSSR count). The lowest BCUT2D eigenvalue weighted by Crippen LogP contribution is -2.47. The molecule has 1 amide bonds. The summed E-state index contributed by atoms with van der Waals surface area (Å²) in [6.07, 6.45) is -4.89. The zero-order chi connectivity index (χ0) is 15.8. The minimum atomic E-state index is -4.53. The Bertz CT molecular complexity index is 597. The summed E-state index contributed by atoms with van der Waals surface area (Å²) in [6, 6.07) is 3.47. The molecule has 0 radical (unpaired) electrons. The molecule has 6 nitrogen and oxygen atoms in total. The van der Waals surface area contributed by atoms with Crippen LogP contribution in [0, 0.1) is 10.1 Å². The molecule has 21 heavy (non-hydrogen) atoms. The third-order valence-electron chi connectivity index (χ3n) is 3.37. The molecule has 0 aliphatic heterocycles. The van der Waals surface area contributed by atoms with Gasteiger partial charge in [-0.15, -0.1) is 0 Å². The van der Waals surface area contributed by atoms with Crippen molar-refractivity contribution in [2.75, 3.05) is 12.4 Å². The van der Waals surface area contributed by atoms with Crippen molar-refractivity contribution in [2.45, 2.75) is 24.6 Å². The average Bonchev–Trinajstić information content (AvgIpc) is 3.18. The largest absolute Gasteiger partial charge is 0.411 e. The number of amides is 1. The van der Waals surface area contributed by atoms with E-state index in [1.807, 2.05) is 5.32 Å². The first-order valence-corrected chi connectivity index (χ1v) is 6.05. The maximum atomic E-state index is 12.8. The van der Waals surface area contributed by atoms with Crippen LogP contribution in [0.2, 0.25) is 0 Å². The van der Waals surface area contributed by atoms with E-state index in [0.29, 0.717) is 0 Å². The monoisotopic (exact) mass is 303 g/mol. The highest BCUT2D eigenvalue weighted by atomic mass is 19.4. The lowest BCUT2D eigenvalue weighted by atomic mass is 10.1. The second-order valence-electron chi connectivity index (χ2n) is 4.77. The van der Waals surface area contributed by atoms with E-state index in [0.717, 1.165) is 6.07 Å². The number of nitro groups is 1. The van der Waals surface area contributed by atoms with Crippen LogP contribution in [0.3, 0.4) is 0 Å². The maximum absolute atomic E-state index is 12.8. The number of rotatable bonds is 4. The molecular formula is C12H12F3N3O3. The van der Waals surface area contributed by atoms with Crippen LogP contribution in [0.4, 0.5) is 24.5 Å². The van der Waals surface area contributed by atoms with Crippen molar-refractivity contribution in [3.8, 4) is 0 Å². The Morgan fingerprint density at radius 1 is 1.38 bits per heavy atom. The number of anilines is 1. The highest BCUT2D eigenvalue weighted by Crippen LogP contribution is 2.49. The summed E-state index contributed by atoms with van der Waals surface area (Å²) in [5.41, 5.74) is -2.58. The molecule has 1 aromatic rings. The fourth-order valence-corrected chi connectivity index (χ4v) is 1.93. The van der Waals surface area contributed by atoms with Gasteiger partial charge in [-0.2, -0.15) is 13.2 Å². The van der Waals surface area contributed by atoms with Gasteiger partial charge in [0.05, 0.1) is 4.92 Å². The van der Waals surface area contributed by atoms with E-state index < -0.39 is 22.5 Å². The molecule has 1 aromatic carbocycles. The third kappa shape index (κ3) is 2.76. The van der Waals surface area contributed by atoms with Crippen molar-refractivity contribution in [3.63, 3.8) is 0 Å². The van der Waals surface area contributed by atoms with Gasteiger partial charge in [0.1, 0.15) is 11.2 Å². The minimum Gasteiger partial charge on any atom is -0.383 e. The van der Waals surface area contributed by atoms with Gasteiger partial charge in [-0.3, -0.25) is 14.9 Å². The molecule has 1 saturated carbocycles. The van der Waals surface area contributed by atoms with Crippen LogP contribution in [0.15, 0.2) is 18.2 Å². The number of carbonyl (C=O) groups excluding carboxylic acids is 1. The van der Waals surface area contributed by atoms with Gasteiger partial charge < -0.3 is 10.6 Å². The lowest BCUT2D eigenvalue weighted by Gasteiger charge is -2.20. The Balaban J connectivity index is 2.25. The van der Waals surface area contributed by atoms with Crippen molar-refractivity contribution in [1.82, 2.24) is 5.32 Å². The molecular weight excluding hydrogens is 291 g/mol. The van der Waals surface area contributed by atoms with E-state index in [1.165, 1.54) is 19.2 Å². The summed E-state index contributed by atoms with van der Waals surface area (Å²) in [4.78, 5) is 22.0. The zero-order valence-corrected chi connectivity index (χ0v) is 11.0. The SMILES string of the molecule is CNc1ccc(C(=O)NC2(C(F)(F)F)CC2)cc1[N+](=O)[O-]. The first-order valence-electron chi connectivity index (χ1n) is 6.05. The number of alkyl halides is 3. The summed E-state index contributed by atoms with van der Waals surface area (Å²) in [6.45, 7) is 0. The average molecular weight is 303 g/mol. The molecule has 0 spiro atoms. The van der Waals surface area contributed by atoms with Crippen LogP contribution < -0.4 is 10.6 Å². The summed E-state index contributed by atoms with van der Waals surface area (Å²) in [5.74, 6) is -0.976. The molecule has 9 heteroatoms. The van der Waals surface area contributed by atoms with Gasteiger partial charge >= 0.3 is 6.18 Å². The lowest BCUT2D eigenvalue weighted by molar-refractivity contribution is -0.384. The van der Waals surface area contributed by atoms with Crippen LogP contribution >= 0.6 is 0 Å². The summed E-state index contributed by atoms with van der Waals surface area (Å²) >= 11 is 0. The Morgan fingerprint density at radius 2 is 2.00 bits per heavy atom. The van der Waals surface area contributed by atoms with Gasteiger partial charge in [0, 0.05) is 18.7 Å². The number of carbonyl (C=O) groups is 1. The topological polar surface area (TPSA) is 84.3 Å². The van der Waals surface area contributed by atoms with Crippen molar-refractivity contribution in [3.05, 3.63) is 33.9 Å². The van der Waals surface area contributed by atoms with Gasteiger partial charge in [-0.05, 0) is 25.0 Å². The van der Waals surface area contributed by atoms with Gasteiger partial charge in [0.15, 0.2) is 0 Å². The highest BCUT2D eigenvalue weighted by Gasteiger charge is 2.64. The molecule has 0 saturated heterocycles. The number of hydrogen-bond acceptors (Lipinski definition) is 4. The van der Waals surface area contributed by atoms with Crippen molar-refractivity contribution in [1.29, 1.82) is 0 Å². The molecule has 0 aromatic heterocycles. The van der Waals surface area contributed by atoms with Gasteiger partial charge in [0.2, 0.25) is 0 Å². The van der Waals surface area contributed by atoms with E-state index in [2.05, 4.69) is 5.32 Å². The van der Waals surface area contributed by atoms with Gasteiger partial charge in [-0.25, -0.2) is 0 Å². The third-order valence-corrected chi connectivity index (χ3v) is 3.37. The predicted octanol–water partition coefficient (Wildman–Crippen LogP) is 2.46. The highest BCUT2D eigenvalue weighted by molar-refractivity contribution is 5.96. The zero-order valence-electron chi connectivity index (χ0n) is 11.0. The number of nitrogens with zero attached hydrogens (tertiary/aromatic N) is 1. The van der Waals surface area contributed by atoms with Crippen LogP contribution in [-0.2, 0) is 0 Å². The number of nitro benzene ring substituents is 1. The van der Waals surface area contributed by atoms with Crippen molar-refractivity contribution < 1.29 is 22.9 Å². The summed E-state index contributed by atoms with van der Waals surface area (Å²) < 4.78 is 38.3. The second kappa shape index (κ2) is 4.90. The molecule has 2 N–H and O–H groups in total. The molecule has 0 bridgehead atoms. The van der Waals surface area contributed by atoms with Crippen molar-refractivity contribution in [2.24, 2.45) is 0 Å². The maximum Gasteiger partial charge on any atom is 0.411 e. The standard InChI is InChI=1S/C12H12F3N3O3/c1-16-8-3-2-7(6-9(8)18(20)21)10(19)17-11(4-5-11)12(13,14)15/h2-3,6,16H,4-5H2,1H3,(H,17,19). The van der Waals surface area contributed by atoms with Crippen LogP contribution in [-0.4, -0.2) is 29.6 Å². The fraction of sp³-hybridized carbons (Fsp3) is 0.417. The Kier molecular flexibility index (Phi) is 3.52. The Labute approximate surface area is 117 Å². The molecule has 1 aliphatic carbocycles. The molecule has 0 heterocycles. The molecule has 0 unspecified atom stereocenters. The molecule has 1 aliphatic rings. The van der Waals surface area contributed by atoms with Gasteiger partial charge in [-0.1, -0.05) is 0 Å². The predicted molar refractivity (Wildman–Crippen MR) is 68.1 cm³/mol. The first-order chi connectivity index (χ1) is 9.70. The van der Waals surface area contributed by atoms with E-state index in [-0.39, 0.29) is 29.8 Å². The number of hydrogen-bond donors (Lipinski definition) is 2. The number of benzene rings is 1. The summed E-state index contributed by atoms with van der Waals surface area (Å²) in [5, 5.41) is 15.4.